The number of nitrogens with zero attached hydrogens (tertiary/aromatic N) is 2. The Hall–Kier alpha value is -1.05. The van der Waals surface area contributed by atoms with Crippen molar-refractivity contribution in [3.8, 4) is 5.69 Å². The summed E-state index contributed by atoms with van der Waals surface area (Å²) in [5.74, 6) is 3.44. The van der Waals surface area contributed by atoms with E-state index in [1.165, 1.54) is 23.6 Å². The Morgan fingerprint density at radius 3 is 2.62 bits per heavy atom. The van der Waals surface area contributed by atoms with Crippen LogP contribution in [0.1, 0.15) is 24.2 Å². The van der Waals surface area contributed by atoms with Crippen LogP contribution in [-0.2, 0) is 0 Å². The van der Waals surface area contributed by atoms with E-state index in [1.807, 2.05) is 30.4 Å². The van der Waals surface area contributed by atoms with Gasteiger partial charge in [-0.2, -0.15) is 28.6 Å². The Bertz CT molecular complexity index is 697. The van der Waals surface area contributed by atoms with Gasteiger partial charge in [-0.25, -0.2) is 13.5 Å². The van der Waals surface area contributed by atoms with E-state index in [1.54, 1.807) is 10.9 Å². The molecule has 2 heterocycles. The minimum absolute atomic E-state index is 0.131. The van der Waals surface area contributed by atoms with Gasteiger partial charge in [-0.3, -0.25) is 0 Å². The molecule has 0 bridgehead atoms. The summed E-state index contributed by atoms with van der Waals surface area (Å²) in [5, 5.41) is 7.97. The van der Waals surface area contributed by atoms with Crippen LogP contribution in [0, 0.1) is 18.6 Å². The fourth-order valence-electron chi connectivity index (χ4n) is 2.90. The molecule has 1 aromatic carbocycles. The Kier molecular flexibility index (Phi) is 5.84. The van der Waals surface area contributed by atoms with Crippen molar-refractivity contribution >= 4 is 23.5 Å². The molecule has 3 nitrogen and oxygen atoms in total. The Balaban J connectivity index is 1.78. The standard InChI is InChI=1S/C17H21F2N3S2/c1-11(21-14-9-23-5-6-24-10-14)15-8-20-22(12(15)2)17-4-3-13(18)7-16(17)19/h3-4,7-8,11,14,21H,5-6,9-10H2,1-2H3/t11-/m1/s1. The quantitative estimate of drug-likeness (QED) is 0.884. The molecule has 3 rings (SSSR count). The SMILES string of the molecule is Cc1c([C@@H](C)NC2CSCCSC2)cnn1-c1ccc(F)cc1F. The van der Waals surface area contributed by atoms with Crippen molar-refractivity contribution in [3.05, 3.63) is 47.3 Å². The second kappa shape index (κ2) is 7.89. The van der Waals surface area contributed by atoms with Crippen molar-refractivity contribution in [2.45, 2.75) is 25.9 Å². The predicted octanol–water partition coefficient (Wildman–Crippen LogP) is 3.96. The molecule has 0 unspecified atom stereocenters. The first-order valence-electron chi connectivity index (χ1n) is 7.97. The molecule has 1 saturated heterocycles. The summed E-state index contributed by atoms with van der Waals surface area (Å²) in [7, 11) is 0. The zero-order chi connectivity index (χ0) is 17.1. The normalized spacial score (nSPS) is 17.7. The molecule has 2 aromatic rings. The van der Waals surface area contributed by atoms with Crippen LogP contribution >= 0.6 is 23.5 Å². The first kappa shape index (κ1) is 17.8. The first-order chi connectivity index (χ1) is 11.6. The molecule has 1 fully saturated rings. The number of hydrogen-bond donors (Lipinski definition) is 1. The summed E-state index contributed by atoms with van der Waals surface area (Å²) < 4.78 is 28.7. The summed E-state index contributed by atoms with van der Waals surface area (Å²) in [6, 6.07) is 4.15. The van der Waals surface area contributed by atoms with Gasteiger partial charge in [0.2, 0.25) is 0 Å². The van der Waals surface area contributed by atoms with E-state index in [0.29, 0.717) is 6.04 Å². The molecule has 1 aliphatic heterocycles. The smallest absolute Gasteiger partial charge is 0.151 e. The van der Waals surface area contributed by atoms with Crippen LogP contribution in [0.2, 0.25) is 0 Å². The number of hydrogen-bond acceptors (Lipinski definition) is 4. The highest BCUT2D eigenvalue weighted by Gasteiger charge is 2.20. The number of rotatable bonds is 4. The van der Waals surface area contributed by atoms with Crippen LogP contribution in [0.3, 0.4) is 0 Å². The Morgan fingerprint density at radius 1 is 1.25 bits per heavy atom. The van der Waals surface area contributed by atoms with Gasteiger partial charge >= 0.3 is 0 Å². The van der Waals surface area contributed by atoms with E-state index in [4.69, 9.17) is 0 Å². The van der Waals surface area contributed by atoms with Gasteiger partial charge in [-0.15, -0.1) is 0 Å². The van der Waals surface area contributed by atoms with Gasteiger partial charge < -0.3 is 5.32 Å². The van der Waals surface area contributed by atoms with E-state index >= 15 is 0 Å². The molecule has 1 aliphatic rings. The van der Waals surface area contributed by atoms with Crippen molar-refractivity contribution in [1.82, 2.24) is 15.1 Å². The molecule has 7 heteroatoms. The molecule has 0 saturated carbocycles. The second-order valence-corrected chi connectivity index (χ2v) is 8.23. The second-order valence-electron chi connectivity index (χ2n) is 5.93. The van der Waals surface area contributed by atoms with Gasteiger partial charge in [0.05, 0.1) is 6.20 Å². The lowest BCUT2D eigenvalue weighted by molar-refractivity contribution is 0.514. The number of nitrogens with one attached hydrogen (secondary N) is 1. The van der Waals surface area contributed by atoms with Gasteiger partial charge in [-0.1, -0.05) is 0 Å². The van der Waals surface area contributed by atoms with Gasteiger partial charge in [0.25, 0.3) is 0 Å². The molecule has 0 aliphatic carbocycles. The van der Waals surface area contributed by atoms with Crippen molar-refractivity contribution in [2.24, 2.45) is 0 Å². The monoisotopic (exact) mass is 369 g/mol. The van der Waals surface area contributed by atoms with Crippen LogP contribution in [0.5, 0.6) is 0 Å². The maximum Gasteiger partial charge on any atom is 0.151 e. The maximum atomic E-state index is 14.0. The van der Waals surface area contributed by atoms with E-state index < -0.39 is 11.6 Å². The van der Waals surface area contributed by atoms with Crippen molar-refractivity contribution < 1.29 is 8.78 Å². The van der Waals surface area contributed by atoms with E-state index in [9.17, 15) is 8.78 Å². The third kappa shape index (κ3) is 3.95. The molecule has 24 heavy (non-hydrogen) atoms. The molecule has 1 aromatic heterocycles. The van der Waals surface area contributed by atoms with Gasteiger partial charge in [-0.05, 0) is 26.0 Å². The minimum Gasteiger partial charge on any atom is -0.306 e. The minimum atomic E-state index is -0.607. The Morgan fingerprint density at radius 2 is 1.96 bits per heavy atom. The molecular weight excluding hydrogens is 348 g/mol. The Labute approximate surface area is 149 Å². The summed E-state index contributed by atoms with van der Waals surface area (Å²) in [6.07, 6.45) is 1.77. The molecule has 0 spiro atoms. The summed E-state index contributed by atoms with van der Waals surface area (Å²) in [4.78, 5) is 0. The molecule has 130 valence electrons. The topological polar surface area (TPSA) is 29.9 Å². The van der Waals surface area contributed by atoms with Crippen molar-refractivity contribution in [2.75, 3.05) is 23.0 Å². The number of aromatic nitrogens is 2. The van der Waals surface area contributed by atoms with Crippen LogP contribution in [-0.4, -0.2) is 38.8 Å². The molecule has 0 amide bonds. The highest BCUT2D eigenvalue weighted by atomic mass is 32.2. The fraction of sp³-hybridized carbons (Fsp3) is 0.471. The zero-order valence-corrected chi connectivity index (χ0v) is 15.4. The third-order valence-electron chi connectivity index (χ3n) is 4.15. The lowest BCUT2D eigenvalue weighted by Crippen LogP contribution is -2.35. The molecule has 1 N–H and O–H groups in total. The van der Waals surface area contributed by atoms with Gasteiger partial charge in [0, 0.05) is 52.4 Å². The van der Waals surface area contributed by atoms with Crippen LogP contribution in [0.15, 0.2) is 24.4 Å². The van der Waals surface area contributed by atoms with Crippen LogP contribution in [0.4, 0.5) is 8.78 Å². The number of benzene rings is 1. The summed E-state index contributed by atoms with van der Waals surface area (Å²) in [5.41, 5.74) is 2.18. The maximum absolute atomic E-state index is 14.0. The summed E-state index contributed by atoms with van der Waals surface area (Å²) >= 11 is 3.96. The first-order valence-corrected chi connectivity index (χ1v) is 10.3. The zero-order valence-electron chi connectivity index (χ0n) is 13.8. The lowest BCUT2D eigenvalue weighted by atomic mass is 10.1. The summed E-state index contributed by atoms with van der Waals surface area (Å²) in [6.45, 7) is 4.02. The van der Waals surface area contributed by atoms with Gasteiger partial charge in [0.15, 0.2) is 5.82 Å². The lowest BCUT2D eigenvalue weighted by Gasteiger charge is -2.21. The van der Waals surface area contributed by atoms with E-state index in [2.05, 4.69) is 17.3 Å². The largest absolute Gasteiger partial charge is 0.306 e. The van der Waals surface area contributed by atoms with E-state index in [-0.39, 0.29) is 11.7 Å². The molecular formula is C17H21F2N3S2. The number of halogens is 2. The number of thioether (sulfide) groups is 2. The molecule has 0 radical (unpaired) electrons. The highest BCUT2D eigenvalue weighted by Crippen LogP contribution is 2.24. The van der Waals surface area contributed by atoms with Gasteiger partial charge in [0.1, 0.15) is 11.5 Å². The average molecular weight is 370 g/mol. The third-order valence-corrected chi connectivity index (χ3v) is 6.67. The van der Waals surface area contributed by atoms with Crippen LogP contribution < -0.4 is 5.32 Å². The van der Waals surface area contributed by atoms with Crippen molar-refractivity contribution in [1.29, 1.82) is 0 Å². The highest BCUT2D eigenvalue weighted by molar-refractivity contribution is 8.03. The van der Waals surface area contributed by atoms with Crippen molar-refractivity contribution in [3.63, 3.8) is 0 Å². The average Bonchev–Trinajstić information content (AvgIpc) is 2.75. The fourth-order valence-corrected chi connectivity index (χ4v) is 5.32. The van der Waals surface area contributed by atoms with Crippen LogP contribution in [0.25, 0.3) is 5.69 Å². The molecule has 1 atom stereocenters. The van der Waals surface area contributed by atoms with E-state index in [0.717, 1.165) is 28.8 Å². The predicted molar refractivity (Wildman–Crippen MR) is 98.2 cm³/mol.